The molecule has 1 saturated heterocycles. The number of aromatic hydroxyl groups is 1. The Kier molecular flexibility index (Phi) is 5.63. The predicted octanol–water partition coefficient (Wildman–Crippen LogP) is 4.41. The van der Waals surface area contributed by atoms with E-state index in [1.807, 2.05) is 30.3 Å². The standard InChI is InChI=1S/C20H20N2O3S/c1-3-12-25-17-7-5-4-6-14(17)13-18-19(24)22(2)20(26-18)21-15-8-10-16(23)11-9-15/h4-11,13,23H,3,12H2,1-2H3/b18-13-,21-20?. The Hall–Kier alpha value is -2.73. The van der Waals surface area contributed by atoms with E-state index in [4.69, 9.17) is 4.74 Å². The Bertz CT molecular complexity index is 860. The third-order valence-corrected chi connectivity index (χ3v) is 4.81. The molecule has 0 aromatic heterocycles. The van der Waals surface area contributed by atoms with Crippen LogP contribution in [0.15, 0.2) is 58.4 Å². The molecule has 26 heavy (non-hydrogen) atoms. The van der Waals surface area contributed by atoms with Crippen LogP contribution >= 0.6 is 11.8 Å². The molecule has 3 rings (SSSR count). The second kappa shape index (κ2) is 8.10. The molecule has 1 heterocycles. The molecule has 0 unspecified atom stereocenters. The SMILES string of the molecule is CCCOc1ccccc1/C=C1\SC(=Nc2ccc(O)cc2)N(C)C1=O. The Morgan fingerprint density at radius 1 is 1.19 bits per heavy atom. The number of benzene rings is 2. The van der Waals surface area contributed by atoms with Crippen molar-refractivity contribution in [1.82, 2.24) is 4.90 Å². The normalized spacial score (nSPS) is 17.3. The van der Waals surface area contributed by atoms with Crippen molar-refractivity contribution in [3.63, 3.8) is 0 Å². The quantitative estimate of drug-likeness (QED) is 0.794. The van der Waals surface area contributed by atoms with E-state index in [0.29, 0.717) is 22.4 Å². The zero-order chi connectivity index (χ0) is 18.5. The van der Waals surface area contributed by atoms with Crippen molar-refractivity contribution in [2.45, 2.75) is 13.3 Å². The Morgan fingerprint density at radius 2 is 1.92 bits per heavy atom. The van der Waals surface area contributed by atoms with Crippen LogP contribution in [0.3, 0.4) is 0 Å². The predicted molar refractivity (Wildman–Crippen MR) is 106 cm³/mol. The fraction of sp³-hybridized carbons (Fsp3) is 0.200. The van der Waals surface area contributed by atoms with Crippen molar-refractivity contribution in [2.75, 3.05) is 13.7 Å². The van der Waals surface area contributed by atoms with Crippen molar-refractivity contribution in [2.24, 2.45) is 4.99 Å². The number of ether oxygens (including phenoxy) is 1. The van der Waals surface area contributed by atoms with Gasteiger partial charge >= 0.3 is 0 Å². The zero-order valence-electron chi connectivity index (χ0n) is 14.7. The van der Waals surface area contributed by atoms with Gasteiger partial charge in [-0.05, 0) is 54.6 Å². The van der Waals surface area contributed by atoms with E-state index in [1.165, 1.54) is 16.7 Å². The summed E-state index contributed by atoms with van der Waals surface area (Å²) in [5.41, 5.74) is 1.55. The number of thioether (sulfide) groups is 1. The summed E-state index contributed by atoms with van der Waals surface area (Å²) >= 11 is 1.32. The van der Waals surface area contributed by atoms with Crippen molar-refractivity contribution in [3.05, 3.63) is 59.0 Å². The van der Waals surface area contributed by atoms with Crippen LogP contribution < -0.4 is 4.74 Å². The summed E-state index contributed by atoms with van der Waals surface area (Å²) in [6, 6.07) is 14.2. The van der Waals surface area contributed by atoms with Crippen molar-refractivity contribution in [3.8, 4) is 11.5 Å². The third kappa shape index (κ3) is 4.08. The summed E-state index contributed by atoms with van der Waals surface area (Å²) in [6.07, 6.45) is 2.76. The second-order valence-corrected chi connectivity index (χ2v) is 6.78. The van der Waals surface area contributed by atoms with Crippen LogP contribution in [0.4, 0.5) is 5.69 Å². The van der Waals surface area contributed by atoms with Gasteiger partial charge in [0.25, 0.3) is 5.91 Å². The third-order valence-electron chi connectivity index (χ3n) is 3.75. The minimum atomic E-state index is -0.0992. The van der Waals surface area contributed by atoms with Gasteiger partial charge in [-0.25, -0.2) is 4.99 Å². The lowest BCUT2D eigenvalue weighted by molar-refractivity contribution is -0.121. The second-order valence-electron chi connectivity index (χ2n) is 5.77. The topological polar surface area (TPSA) is 62.1 Å². The number of amides is 1. The van der Waals surface area contributed by atoms with E-state index in [2.05, 4.69) is 11.9 Å². The zero-order valence-corrected chi connectivity index (χ0v) is 15.5. The summed E-state index contributed by atoms with van der Waals surface area (Å²) in [4.78, 5) is 19.2. The van der Waals surface area contributed by atoms with Gasteiger partial charge in [0.05, 0.1) is 17.2 Å². The van der Waals surface area contributed by atoms with E-state index >= 15 is 0 Å². The van der Waals surface area contributed by atoms with Crippen molar-refractivity contribution >= 4 is 34.6 Å². The molecule has 134 valence electrons. The maximum Gasteiger partial charge on any atom is 0.266 e. The van der Waals surface area contributed by atoms with E-state index < -0.39 is 0 Å². The Morgan fingerprint density at radius 3 is 2.65 bits per heavy atom. The minimum Gasteiger partial charge on any atom is -0.508 e. The van der Waals surface area contributed by atoms with Crippen LogP contribution in [0.2, 0.25) is 0 Å². The average Bonchev–Trinajstić information content (AvgIpc) is 2.91. The maximum absolute atomic E-state index is 12.6. The molecule has 1 fully saturated rings. The smallest absolute Gasteiger partial charge is 0.266 e. The Balaban J connectivity index is 1.87. The highest BCUT2D eigenvalue weighted by Gasteiger charge is 2.30. The number of phenols is 1. The van der Waals surface area contributed by atoms with Crippen LogP contribution in [-0.2, 0) is 4.79 Å². The number of carbonyl (C=O) groups is 1. The average molecular weight is 368 g/mol. The molecule has 0 radical (unpaired) electrons. The minimum absolute atomic E-state index is 0.0992. The summed E-state index contributed by atoms with van der Waals surface area (Å²) in [5, 5.41) is 9.96. The number of aliphatic imine (C=N–C) groups is 1. The molecule has 0 bridgehead atoms. The molecule has 2 aromatic rings. The molecule has 5 nitrogen and oxygen atoms in total. The molecule has 0 spiro atoms. The van der Waals surface area contributed by atoms with Crippen LogP contribution in [0, 0.1) is 0 Å². The number of carbonyl (C=O) groups excluding carboxylic acids is 1. The summed E-state index contributed by atoms with van der Waals surface area (Å²) in [7, 11) is 1.70. The molecule has 0 aliphatic carbocycles. The van der Waals surface area contributed by atoms with Gasteiger partial charge in [0, 0.05) is 12.6 Å². The van der Waals surface area contributed by atoms with E-state index in [-0.39, 0.29) is 11.7 Å². The molecule has 0 saturated carbocycles. The highest BCUT2D eigenvalue weighted by Crippen LogP contribution is 2.34. The number of hydrogen-bond acceptors (Lipinski definition) is 5. The first-order chi connectivity index (χ1) is 12.6. The van der Waals surface area contributed by atoms with Gasteiger partial charge in [-0.15, -0.1) is 0 Å². The van der Waals surface area contributed by atoms with Gasteiger partial charge in [0.15, 0.2) is 5.17 Å². The van der Waals surface area contributed by atoms with Crippen LogP contribution in [0.5, 0.6) is 11.5 Å². The number of phenolic OH excluding ortho intramolecular Hbond substituents is 1. The van der Waals surface area contributed by atoms with Gasteiger partial charge in [-0.1, -0.05) is 25.1 Å². The van der Waals surface area contributed by atoms with Gasteiger partial charge in [0.2, 0.25) is 0 Å². The number of nitrogens with zero attached hydrogens (tertiary/aromatic N) is 2. The number of para-hydroxylation sites is 1. The van der Waals surface area contributed by atoms with Crippen LogP contribution in [0.25, 0.3) is 6.08 Å². The number of rotatable bonds is 5. The van der Waals surface area contributed by atoms with E-state index in [0.717, 1.165) is 17.7 Å². The van der Waals surface area contributed by atoms with Gasteiger partial charge in [-0.3, -0.25) is 9.69 Å². The fourth-order valence-electron chi connectivity index (χ4n) is 2.37. The molecule has 1 N–H and O–H groups in total. The lowest BCUT2D eigenvalue weighted by Gasteiger charge is -2.08. The summed E-state index contributed by atoms with van der Waals surface area (Å²) in [6.45, 7) is 2.69. The van der Waals surface area contributed by atoms with Gasteiger partial charge in [0.1, 0.15) is 11.5 Å². The van der Waals surface area contributed by atoms with E-state index in [1.54, 1.807) is 31.3 Å². The van der Waals surface area contributed by atoms with Crippen molar-refractivity contribution < 1.29 is 14.6 Å². The summed E-state index contributed by atoms with van der Waals surface area (Å²) < 4.78 is 5.76. The molecule has 2 aromatic carbocycles. The monoisotopic (exact) mass is 368 g/mol. The van der Waals surface area contributed by atoms with Gasteiger partial charge < -0.3 is 9.84 Å². The highest BCUT2D eigenvalue weighted by molar-refractivity contribution is 8.18. The highest BCUT2D eigenvalue weighted by atomic mass is 32.2. The lowest BCUT2D eigenvalue weighted by Crippen LogP contribution is -2.23. The molecule has 1 aliphatic rings. The molecular formula is C20H20N2O3S. The molecule has 1 aliphatic heterocycles. The fourth-order valence-corrected chi connectivity index (χ4v) is 3.35. The molecule has 1 amide bonds. The Labute approximate surface area is 157 Å². The van der Waals surface area contributed by atoms with Gasteiger partial charge in [-0.2, -0.15) is 0 Å². The molecule has 6 heteroatoms. The number of hydrogen-bond donors (Lipinski definition) is 1. The first kappa shape index (κ1) is 18.1. The van der Waals surface area contributed by atoms with Crippen molar-refractivity contribution in [1.29, 1.82) is 0 Å². The van der Waals surface area contributed by atoms with Crippen LogP contribution in [0.1, 0.15) is 18.9 Å². The molecular weight excluding hydrogens is 348 g/mol. The van der Waals surface area contributed by atoms with Crippen LogP contribution in [-0.4, -0.2) is 34.7 Å². The number of amidine groups is 1. The first-order valence-electron chi connectivity index (χ1n) is 8.35. The lowest BCUT2D eigenvalue weighted by atomic mass is 10.2. The summed E-state index contributed by atoms with van der Waals surface area (Å²) in [5.74, 6) is 0.848. The van der Waals surface area contributed by atoms with E-state index in [9.17, 15) is 9.90 Å². The molecule has 0 atom stereocenters. The maximum atomic E-state index is 12.6. The number of likely N-dealkylation sites (N-methyl/N-ethyl adjacent to an activating group) is 1. The largest absolute Gasteiger partial charge is 0.508 e. The first-order valence-corrected chi connectivity index (χ1v) is 9.17.